The van der Waals surface area contributed by atoms with Crippen molar-refractivity contribution in [3.05, 3.63) is 47.8 Å². The number of nitriles is 1. The van der Waals surface area contributed by atoms with Gasteiger partial charge < -0.3 is 14.8 Å². The maximum atomic E-state index is 13.1. The third-order valence-electron chi connectivity index (χ3n) is 3.13. The smallest absolute Gasteiger partial charge is 0.163 e. The van der Waals surface area contributed by atoms with E-state index < -0.39 is 5.82 Å². The number of hydrogen-bond acceptors (Lipinski definition) is 4. The first-order chi connectivity index (χ1) is 10.3. The van der Waals surface area contributed by atoms with E-state index in [2.05, 4.69) is 5.32 Å². The van der Waals surface area contributed by atoms with Gasteiger partial charge in [0.25, 0.3) is 0 Å². The molecule has 0 bridgehead atoms. The molecule has 0 saturated heterocycles. The van der Waals surface area contributed by atoms with Crippen LogP contribution in [0.1, 0.15) is 12.0 Å². The lowest BCUT2D eigenvalue weighted by atomic mass is 10.1. The van der Waals surface area contributed by atoms with Crippen molar-refractivity contribution in [3.8, 4) is 17.6 Å². The molecule has 0 unspecified atom stereocenters. The van der Waals surface area contributed by atoms with Crippen LogP contribution in [0.4, 0.5) is 15.8 Å². The SMILES string of the molecule is N#Cc1cc(F)ccc1Nc1ccc2c(c1)OCCCO2. The highest BCUT2D eigenvalue weighted by Crippen LogP contribution is 2.33. The van der Waals surface area contributed by atoms with Crippen LogP contribution in [0.25, 0.3) is 0 Å². The fourth-order valence-electron chi connectivity index (χ4n) is 2.11. The molecule has 0 saturated carbocycles. The third kappa shape index (κ3) is 2.90. The average Bonchev–Trinajstić information content (AvgIpc) is 2.74. The van der Waals surface area contributed by atoms with Crippen molar-refractivity contribution in [2.45, 2.75) is 6.42 Å². The predicted molar refractivity (Wildman–Crippen MR) is 76.4 cm³/mol. The minimum absolute atomic E-state index is 0.252. The first-order valence-electron chi connectivity index (χ1n) is 6.62. The van der Waals surface area contributed by atoms with Crippen LogP contribution in [0.5, 0.6) is 11.5 Å². The van der Waals surface area contributed by atoms with E-state index >= 15 is 0 Å². The van der Waals surface area contributed by atoms with Gasteiger partial charge in [-0.05, 0) is 30.3 Å². The molecule has 106 valence electrons. The molecule has 5 heteroatoms. The summed E-state index contributed by atoms with van der Waals surface area (Å²) in [5.74, 6) is 0.937. The highest BCUT2D eigenvalue weighted by atomic mass is 19.1. The van der Waals surface area contributed by atoms with Crippen molar-refractivity contribution in [3.63, 3.8) is 0 Å². The highest BCUT2D eigenvalue weighted by molar-refractivity contribution is 5.68. The average molecular weight is 284 g/mol. The summed E-state index contributed by atoms with van der Waals surface area (Å²) in [6.07, 6.45) is 0.841. The Morgan fingerprint density at radius 1 is 1.05 bits per heavy atom. The Balaban J connectivity index is 1.89. The van der Waals surface area contributed by atoms with E-state index in [0.717, 1.165) is 12.1 Å². The number of fused-ring (bicyclic) bond motifs is 1. The topological polar surface area (TPSA) is 54.3 Å². The summed E-state index contributed by atoms with van der Waals surface area (Å²) in [5, 5.41) is 12.1. The minimum atomic E-state index is -0.434. The van der Waals surface area contributed by atoms with Crippen LogP contribution in [-0.2, 0) is 0 Å². The molecule has 21 heavy (non-hydrogen) atoms. The maximum absolute atomic E-state index is 13.1. The van der Waals surface area contributed by atoms with E-state index in [9.17, 15) is 4.39 Å². The summed E-state index contributed by atoms with van der Waals surface area (Å²) >= 11 is 0. The van der Waals surface area contributed by atoms with Crippen molar-refractivity contribution in [2.75, 3.05) is 18.5 Å². The Bertz CT molecular complexity index is 710. The van der Waals surface area contributed by atoms with Gasteiger partial charge in [0.1, 0.15) is 11.9 Å². The van der Waals surface area contributed by atoms with Gasteiger partial charge in [0.15, 0.2) is 11.5 Å². The highest BCUT2D eigenvalue weighted by Gasteiger charge is 2.11. The molecule has 1 aliphatic heterocycles. The number of halogens is 1. The van der Waals surface area contributed by atoms with Gasteiger partial charge >= 0.3 is 0 Å². The van der Waals surface area contributed by atoms with Gasteiger partial charge in [0.05, 0.1) is 24.5 Å². The second-order valence-corrected chi connectivity index (χ2v) is 4.64. The Morgan fingerprint density at radius 3 is 2.67 bits per heavy atom. The van der Waals surface area contributed by atoms with Gasteiger partial charge in [0, 0.05) is 18.2 Å². The van der Waals surface area contributed by atoms with Gasteiger partial charge in [0.2, 0.25) is 0 Å². The molecule has 4 nitrogen and oxygen atoms in total. The first kappa shape index (κ1) is 13.3. The summed E-state index contributed by atoms with van der Waals surface area (Å²) in [6.45, 7) is 1.24. The Hall–Kier alpha value is -2.74. The first-order valence-corrected chi connectivity index (χ1v) is 6.62. The molecule has 3 rings (SSSR count). The fraction of sp³-hybridized carbons (Fsp3) is 0.188. The van der Waals surface area contributed by atoms with Crippen molar-refractivity contribution in [1.82, 2.24) is 0 Å². The minimum Gasteiger partial charge on any atom is -0.490 e. The molecule has 1 heterocycles. The van der Waals surface area contributed by atoms with Gasteiger partial charge in [-0.3, -0.25) is 0 Å². The molecule has 0 radical (unpaired) electrons. The number of nitrogens with zero attached hydrogens (tertiary/aromatic N) is 1. The molecule has 2 aromatic carbocycles. The summed E-state index contributed by atoms with van der Waals surface area (Å²) in [4.78, 5) is 0. The monoisotopic (exact) mass is 284 g/mol. The largest absolute Gasteiger partial charge is 0.490 e. The van der Waals surface area contributed by atoms with Gasteiger partial charge in [-0.15, -0.1) is 0 Å². The van der Waals surface area contributed by atoms with Crippen LogP contribution >= 0.6 is 0 Å². The van der Waals surface area contributed by atoms with E-state index in [1.54, 1.807) is 0 Å². The predicted octanol–water partition coefficient (Wildman–Crippen LogP) is 3.60. The number of rotatable bonds is 2. The van der Waals surface area contributed by atoms with E-state index in [1.165, 1.54) is 18.2 Å². The Labute approximate surface area is 121 Å². The number of ether oxygens (including phenoxy) is 2. The zero-order valence-corrected chi connectivity index (χ0v) is 11.2. The second kappa shape index (κ2) is 5.71. The van der Waals surface area contributed by atoms with Crippen LogP contribution < -0.4 is 14.8 Å². The van der Waals surface area contributed by atoms with Crippen LogP contribution in [0.2, 0.25) is 0 Å². The number of hydrogen-bond donors (Lipinski definition) is 1. The van der Waals surface area contributed by atoms with Gasteiger partial charge in [-0.1, -0.05) is 0 Å². The van der Waals surface area contributed by atoms with Crippen LogP contribution in [0, 0.1) is 17.1 Å². The Kier molecular flexibility index (Phi) is 3.61. The molecule has 0 amide bonds. The van der Waals surface area contributed by atoms with E-state index in [1.807, 2.05) is 24.3 Å². The molecular formula is C16H13FN2O2. The third-order valence-corrected chi connectivity index (χ3v) is 3.13. The maximum Gasteiger partial charge on any atom is 0.163 e. The van der Waals surface area contributed by atoms with Crippen LogP contribution in [0.3, 0.4) is 0 Å². The zero-order chi connectivity index (χ0) is 14.7. The normalized spacial score (nSPS) is 13.1. The van der Waals surface area contributed by atoms with E-state index in [0.29, 0.717) is 30.4 Å². The lowest BCUT2D eigenvalue weighted by Crippen LogP contribution is -1.97. The van der Waals surface area contributed by atoms with Gasteiger partial charge in [-0.2, -0.15) is 5.26 Å². The van der Waals surface area contributed by atoms with Crippen molar-refractivity contribution in [2.24, 2.45) is 0 Å². The standard InChI is InChI=1S/C16H13FN2O2/c17-12-2-4-14(11(8-12)10-18)19-13-3-5-15-16(9-13)21-7-1-6-20-15/h2-5,8-9,19H,1,6-7H2. The van der Waals surface area contributed by atoms with Crippen LogP contribution in [0.15, 0.2) is 36.4 Å². The molecule has 2 aromatic rings. The molecule has 0 aromatic heterocycles. The molecule has 0 fully saturated rings. The molecule has 1 N–H and O–H groups in total. The summed E-state index contributed by atoms with van der Waals surface area (Å²) in [6, 6.07) is 11.5. The lowest BCUT2D eigenvalue weighted by Gasteiger charge is -2.12. The van der Waals surface area contributed by atoms with Crippen molar-refractivity contribution >= 4 is 11.4 Å². The van der Waals surface area contributed by atoms with Crippen molar-refractivity contribution < 1.29 is 13.9 Å². The fourth-order valence-corrected chi connectivity index (χ4v) is 2.11. The summed E-state index contributed by atoms with van der Waals surface area (Å²) < 4.78 is 24.3. The molecule has 0 aliphatic carbocycles. The van der Waals surface area contributed by atoms with Crippen molar-refractivity contribution in [1.29, 1.82) is 5.26 Å². The molecule has 0 atom stereocenters. The zero-order valence-electron chi connectivity index (χ0n) is 11.2. The number of nitrogens with one attached hydrogen (secondary N) is 1. The van der Waals surface area contributed by atoms with Crippen LogP contribution in [-0.4, -0.2) is 13.2 Å². The summed E-state index contributed by atoms with van der Waals surface area (Å²) in [7, 11) is 0. The van der Waals surface area contributed by atoms with E-state index in [-0.39, 0.29) is 5.56 Å². The Morgan fingerprint density at radius 2 is 1.86 bits per heavy atom. The molecule has 0 spiro atoms. The van der Waals surface area contributed by atoms with E-state index in [4.69, 9.17) is 14.7 Å². The van der Waals surface area contributed by atoms with Gasteiger partial charge in [-0.25, -0.2) is 4.39 Å². The second-order valence-electron chi connectivity index (χ2n) is 4.64. The molecular weight excluding hydrogens is 271 g/mol. The number of benzene rings is 2. The quantitative estimate of drug-likeness (QED) is 0.915. The lowest BCUT2D eigenvalue weighted by molar-refractivity contribution is 0.297. The summed E-state index contributed by atoms with van der Waals surface area (Å²) in [5.41, 5.74) is 1.55. The number of anilines is 2. The molecule has 1 aliphatic rings.